The molecule has 0 amide bonds. The Bertz CT molecular complexity index is 550. The first-order valence-electron chi connectivity index (χ1n) is 6.46. The van der Waals surface area contributed by atoms with E-state index in [1.54, 1.807) is 11.3 Å². The molecule has 1 atom stereocenters. The van der Waals surface area contributed by atoms with Crippen LogP contribution in [-0.2, 0) is 11.3 Å². The summed E-state index contributed by atoms with van der Waals surface area (Å²) in [6.07, 6.45) is 1.87. The highest BCUT2D eigenvalue weighted by Crippen LogP contribution is 2.28. The largest absolute Gasteiger partial charge is 0.378 e. The van der Waals surface area contributed by atoms with Crippen LogP contribution in [0, 0.1) is 13.8 Å². The second kappa shape index (κ2) is 5.40. The second-order valence-corrected chi connectivity index (χ2v) is 5.81. The van der Waals surface area contributed by atoms with Crippen LogP contribution in [-0.4, -0.2) is 39.8 Å². The van der Waals surface area contributed by atoms with Crippen molar-refractivity contribution in [2.75, 3.05) is 19.8 Å². The van der Waals surface area contributed by atoms with E-state index in [2.05, 4.69) is 32.4 Å². The van der Waals surface area contributed by atoms with Crippen molar-refractivity contribution in [2.45, 2.75) is 26.4 Å². The first-order valence-corrected chi connectivity index (χ1v) is 7.34. The molecule has 2 aromatic heterocycles. The molecule has 2 aromatic rings. The maximum atomic E-state index is 5.62. The van der Waals surface area contributed by atoms with E-state index in [1.807, 2.05) is 13.1 Å². The van der Waals surface area contributed by atoms with E-state index in [1.165, 1.54) is 11.3 Å². The van der Waals surface area contributed by atoms with E-state index >= 15 is 0 Å². The van der Waals surface area contributed by atoms with Gasteiger partial charge in [-0.25, -0.2) is 4.98 Å². The van der Waals surface area contributed by atoms with Crippen LogP contribution < -0.4 is 0 Å². The van der Waals surface area contributed by atoms with Crippen LogP contribution in [0.3, 0.4) is 0 Å². The highest BCUT2D eigenvalue weighted by molar-refractivity contribution is 7.09. The molecule has 1 N–H and O–H groups in total. The number of aryl methyl sites for hydroxylation is 2. The highest BCUT2D eigenvalue weighted by atomic mass is 32.1. The average Bonchev–Trinajstić information content (AvgIpc) is 3.00. The summed E-state index contributed by atoms with van der Waals surface area (Å²) in [5, 5.41) is 10.4. The summed E-state index contributed by atoms with van der Waals surface area (Å²) < 4.78 is 5.62. The number of rotatable bonds is 3. The van der Waals surface area contributed by atoms with Crippen LogP contribution in [0.2, 0.25) is 0 Å². The van der Waals surface area contributed by atoms with Crippen molar-refractivity contribution in [3.8, 4) is 0 Å². The maximum absolute atomic E-state index is 5.62. The van der Waals surface area contributed by atoms with Gasteiger partial charge in [-0.2, -0.15) is 5.10 Å². The number of nitrogens with zero attached hydrogens (tertiary/aromatic N) is 3. The molecule has 6 heteroatoms. The molecule has 1 fully saturated rings. The van der Waals surface area contributed by atoms with Gasteiger partial charge in [-0.15, -0.1) is 11.3 Å². The van der Waals surface area contributed by atoms with Gasteiger partial charge < -0.3 is 4.74 Å². The summed E-state index contributed by atoms with van der Waals surface area (Å²) in [7, 11) is 0. The molecule has 5 nitrogen and oxygen atoms in total. The molecule has 0 bridgehead atoms. The molecule has 0 spiro atoms. The molecule has 1 saturated heterocycles. The van der Waals surface area contributed by atoms with E-state index < -0.39 is 0 Å². The van der Waals surface area contributed by atoms with Crippen molar-refractivity contribution in [1.82, 2.24) is 20.1 Å². The lowest BCUT2D eigenvalue weighted by atomic mass is 10.2. The Morgan fingerprint density at radius 1 is 1.53 bits per heavy atom. The van der Waals surface area contributed by atoms with E-state index in [0.29, 0.717) is 0 Å². The number of thiazole rings is 1. The number of morpholine rings is 1. The molecule has 3 heterocycles. The third-order valence-electron chi connectivity index (χ3n) is 3.46. The second-order valence-electron chi connectivity index (χ2n) is 4.92. The zero-order valence-electron chi connectivity index (χ0n) is 11.2. The van der Waals surface area contributed by atoms with E-state index in [4.69, 9.17) is 4.74 Å². The summed E-state index contributed by atoms with van der Waals surface area (Å²) in [6.45, 7) is 7.43. The third kappa shape index (κ3) is 2.70. The Morgan fingerprint density at radius 3 is 3.11 bits per heavy atom. The number of aromatic nitrogens is 3. The minimum Gasteiger partial charge on any atom is -0.378 e. The SMILES string of the molecule is Cc1csc(C2COCCN2Cc2[nH]ncc2C)n1. The molecule has 0 saturated carbocycles. The molecular weight excluding hydrogens is 260 g/mol. The lowest BCUT2D eigenvalue weighted by Gasteiger charge is -2.34. The van der Waals surface area contributed by atoms with Crippen LogP contribution >= 0.6 is 11.3 Å². The molecule has 0 radical (unpaired) electrons. The Hall–Kier alpha value is -1.24. The van der Waals surface area contributed by atoms with Gasteiger partial charge in [0.15, 0.2) is 0 Å². The van der Waals surface area contributed by atoms with Crippen molar-refractivity contribution in [2.24, 2.45) is 0 Å². The summed E-state index contributed by atoms with van der Waals surface area (Å²) in [4.78, 5) is 7.03. The topological polar surface area (TPSA) is 54.0 Å². The van der Waals surface area contributed by atoms with Gasteiger partial charge in [-0.05, 0) is 19.4 Å². The van der Waals surface area contributed by atoms with Gasteiger partial charge in [-0.3, -0.25) is 10.00 Å². The summed E-state index contributed by atoms with van der Waals surface area (Å²) in [5.74, 6) is 0. The molecule has 0 aliphatic carbocycles. The number of hydrogen-bond donors (Lipinski definition) is 1. The van der Waals surface area contributed by atoms with Crippen molar-refractivity contribution >= 4 is 11.3 Å². The fourth-order valence-corrected chi connectivity index (χ4v) is 3.23. The van der Waals surface area contributed by atoms with Crippen molar-refractivity contribution in [1.29, 1.82) is 0 Å². The van der Waals surface area contributed by atoms with Gasteiger partial charge in [0.05, 0.1) is 31.1 Å². The predicted octanol–water partition coefficient (Wildman–Crippen LogP) is 2.06. The normalized spacial score (nSPS) is 20.8. The smallest absolute Gasteiger partial charge is 0.112 e. The van der Waals surface area contributed by atoms with Crippen LogP contribution in [0.15, 0.2) is 11.6 Å². The summed E-state index contributed by atoms with van der Waals surface area (Å²) in [6, 6.07) is 0.259. The number of ether oxygens (including phenoxy) is 1. The molecule has 0 aromatic carbocycles. The third-order valence-corrected chi connectivity index (χ3v) is 4.52. The Balaban J connectivity index is 1.79. The lowest BCUT2D eigenvalue weighted by molar-refractivity contribution is -0.0134. The van der Waals surface area contributed by atoms with E-state index in [9.17, 15) is 0 Å². The molecule has 1 unspecified atom stereocenters. The van der Waals surface area contributed by atoms with Crippen molar-refractivity contribution < 1.29 is 4.74 Å². The molecule has 1 aliphatic rings. The quantitative estimate of drug-likeness (QED) is 0.933. The number of H-pyrrole nitrogens is 1. The Morgan fingerprint density at radius 2 is 2.42 bits per heavy atom. The maximum Gasteiger partial charge on any atom is 0.112 e. The van der Waals surface area contributed by atoms with Crippen LogP contribution in [0.1, 0.15) is 28.0 Å². The van der Waals surface area contributed by atoms with Gasteiger partial charge in [-0.1, -0.05) is 0 Å². The number of aromatic amines is 1. The molecule has 3 rings (SSSR count). The zero-order valence-corrected chi connectivity index (χ0v) is 12.0. The van der Waals surface area contributed by atoms with Crippen LogP contribution in [0.4, 0.5) is 0 Å². The average molecular weight is 278 g/mol. The Labute approximate surface area is 116 Å². The van der Waals surface area contributed by atoms with E-state index in [-0.39, 0.29) is 6.04 Å². The fraction of sp³-hybridized carbons (Fsp3) is 0.538. The van der Waals surface area contributed by atoms with Crippen molar-refractivity contribution in [3.63, 3.8) is 0 Å². The number of nitrogens with one attached hydrogen (secondary N) is 1. The molecular formula is C13H18N4OS. The van der Waals surface area contributed by atoms with Gasteiger partial charge in [0.1, 0.15) is 5.01 Å². The van der Waals surface area contributed by atoms with Crippen LogP contribution in [0.25, 0.3) is 0 Å². The molecule has 1 aliphatic heterocycles. The van der Waals surface area contributed by atoms with E-state index in [0.717, 1.165) is 37.0 Å². The van der Waals surface area contributed by atoms with Crippen molar-refractivity contribution in [3.05, 3.63) is 33.5 Å². The van der Waals surface area contributed by atoms with Gasteiger partial charge in [0, 0.05) is 24.2 Å². The minimum atomic E-state index is 0.259. The molecule has 102 valence electrons. The standard InChI is InChI=1S/C13H18N4OS/c1-9-5-14-16-11(9)6-17-3-4-18-7-12(17)13-15-10(2)8-19-13/h5,8,12H,3-4,6-7H2,1-2H3,(H,14,16). The molecule has 19 heavy (non-hydrogen) atoms. The zero-order chi connectivity index (χ0) is 13.2. The first kappa shape index (κ1) is 12.8. The van der Waals surface area contributed by atoms with Gasteiger partial charge in [0.2, 0.25) is 0 Å². The Kier molecular flexibility index (Phi) is 3.63. The van der Waals surface area contributed by atoms with Gasteiger partial charge in [0.25, 0.3) is 0 Å². The first-order chi connectivity index (χ1) is 9.24. The predicted molar refractivity (Wildman–Crippen MR) is 74.1 cm³/mol. The minimum absolute atomic E-state index is 0.259. The van der Waals surface area contributed by atoms with Crippen LogP contribution in [0.5, 0.6) is 0 Å². The monoisotopic (exact) mass is 278 g/mol. The fourth-order valence-electron chi connectivity index (χ4n) is 2.32. The summed E-state index contributed by atoms with van der Waals surface area (Å²) in [5.41, 5.74) is 3.48. The van der Waals surface area contributed by atoms with Gasteiger partial charge >= 0.3 is 0 Å². The lowest BCUT2D eigenvalue weighted by Crippen LogP contribution is -2.39. The number of hydrogen-bond acceptors (Lipinski definition) is 5. The highest BCUT2D eigenvalue weighted by Gasteiger charge is 2.27. The summed E-state index contributed by atoms with van der Waals surface area (Å²) >= 11 is 1.72.